The third kappa shape index (κ3) is 4.54. The summed E-state index contributed by atoms with van der Waals surface area (Å²) in [5, 5.41) is 3.16. The highest BCUT2D eigenvalue weighted by molar-refractivity contribution is 5.79. The minimum Gasteiger partial charge on any atom is -0.497 e. The van der Waals surface area contributed by atoms with Crippen LogP contribution in [-0.4, -0.2) is 32.8 Å². The van der Waals surface area contributed by atoms with Gasteiger partial charge in [-0.1, -0.05) is 49.4 Å². The molecule has 0 spiro atoms. The number of hydrogen-bond acceptors (Lipinski definition) is 4. The summed E-state index contributed by atoms with van der Waals surface area (Å²) in [4.78, 5) is 12.8. The molecule has 150 valence electrons. The normalized spacial score (nSPS) is 18.1. The highest BCUT2D eigenvalue weighted by Gasteiger charge is 2.35. The van der Waals surface area contributed by atoms with E-state index in [-0.39, 0.29) is 23.3 Å². The molecule has 0 bridgehead atoms. The zero-order chi connectivity index (χ0) is 20.0. The van der Waals surface area contributed by atoms with Crippen molar-refractivity contribution in [1.82, 2.24) is 5.32 Å². The molecule has 1 heterocycles. The van der Waals surface area contributed by atoms with Crippen LogP contribution in [0.15, 0.2) is 54.6 Å². The molecule has 1 fully saturated rings. The largest absolute Gasteiger partial charge is 0.497 e. The molecule has 3 N–H and O–H groups in total. The SMILES string of the molecule is COc1ccc(C2(CNC(=O)C(C)C(N)c3ccccc3)CCOCC2)cc1. The van der Waals surface area contributed by atoms with E-state index in [1.165, 1.54) is 5.56 Å². The Morgan fingerprint density at radius 3 is 2.39 bits per heavy atom. The van der Waals surface area contributed by atoms with Crippen molar-refractivity contribution in [1.29, 1.82) is 0 Å². The number of benzene rings is 2. The Balaban J connectivity index is 1.70. The summed E-state index contributed by atoms with van der Waals surface area (Å²) in [6.07, 6.45) is 1.75. The molecular formula is C23H30N2O3. The number of carbonyl (C=O) groups excluding carboxylic acids is 1. The summed E-state index contributed by atoms with van der Waals surface area (Å²) in [5.74, 6) is 0.503. The number of nitrogens with one attached hydrogen (secondary N) is 1. The highest BCUT2D eigenvalue weighted by atomic mass is 16.5. The number of ether oxygens (including phenoxy) is 2. The van der Waals surface area contributed by atoms with Gasteiger partial charge in [-0.2, -0.15) is 0 Å². The minimum atomic E-state index is -0.326. The lowest BCUT2D eigenvalue weighted by atomic mass is 9.74. The van der Waals surface area contributed by atoms with Crippen LogP contribution in [0.2, 0.25) is 0 Å². The molecule has 28 heavy (non-hydrogen) atoms. The summed E-state index contributed by atoms with van der Waals surface area (Å²) >= 11 is 0. The predicted molar refractivity (Wildman–Crippen MR) is 110 cm³/mol. The van der Waals surface area contributed by atoms with Crippen molar-refractivity contribution in [3.05, 3.63) is 65.7 Å². The van der Waals surface area contributed by atoms with E-state index >= 15 is 0 Å². The van der Waals surface area contributed by atoms with Crippen molar-refractivity contribution in [3.8, 4) is 5.75 Å². The predicted octanol–water partition coefficient (Wildman–Crippen LogP) is 3.20. The molecule has 0 saturated carbocycles. The fraction of sp³-hybridized carbons (Fsp3) is 0.435. The monoisotopic (exact) mass is 382 g/mol. The number of hydrogen-bond donors (Lipinski definition) is 2. The molecule has 5 heteroatoms. The lowest BCUT2D eigenvalue weighted by Crippen LogP contribution is -2.46. The summed E-state index contributed by atoms with van der Waals surface area (Å²) in [5.41, 5.74) is 8.38. The Hall–Kier alpha value is -2.37. The van der Waals surface area contributed by atoms with E-state index in [1.807, 2.05) is 49.4 Å². The van der Waals surface area contributed by atoms with Crippen molar-refractivity contribution in [2.24, 2.45) is 11.7 Å². The van der Waals surface area contributed by atoms with E-state index in [0.717, 1.165) is 24.2 Å². The van der Waals surface area contributed by atoms with E-state index in [9.17, 15) is 4.79 Å². The van der Waals surface area contributed by atoms with Gasteiger partial charge in [0.1, 0.15) is 5.75 Å². The van der Waals surface area contributed by atoms with E-state index in [0.29, 0.717) is 19.8 Å². The molecule has 0 aliphatic carbocycles. The van der Waals surface area contributed by atoms with Gasteiger partial charge in [-0.15, -0.1) is 0 Å². The van der Waals surface area contributed by atoms with E-state index in [1.54, 1.807) is 7.11 Å². The van der Waals surface area contributed by atoms with Crippen molar-refractivity contribution < 1.29 is 14.3 Å². The first kappa shape index (κ1) is 20.4. The molecule has 3 rings (SSSR count). The maximum Gasteiger partial charge on any atom is 0.224 e. The molecule has 2 unspecified atom stereocenters. The second kappa shape index (κ2) is 9.22. The maximum atomic E-state index is 12.8. The van der Waals surface area contributed by atoms with Gasteiger partial charge in [-0.05, 0) is 36.1 Å². The van der Waals surface area contributed by atoms with Crippen molar-refractivity contribution in [3.63, 3.8) is 0 Å². The van der Waals surface area contributed by atoms with Gasteiger partial charge in [-0.25, -0.2) is 0 Å². The van der Waals surface area contributed by atoms with Gasteiger partial charge in [0.25, 0.3) is 0 Å². The summed E-state index contributed by atoms with van der Waals surface area (Å²) in [6.45, 7) is 3.85. The fourth-order valence-corrected chi connectivity index (χ4v) is 3.82. The van der Waals surface area contributed by atoms with Crippen LogP contribution in [0.1, 0.15) is 36.9 Å². The number of amides is 1. The zero-order valence-corrected chi connectivity index (χ0v) is 16.7. The lowest BCUT2D eigenvalue weighted by Gasteiger charge is -2.38. The highest BCUT2D eigenvalue weighted by Crippen LogP contribution is 2.35. The summed E-state index contributed by atoms with van der Waals surface area (Å²) < 4.78 is 10.9. The van der Waals surface area contributed by atoms with Crippen molar-refractivity contribution in [2.45, 2.75) is 31.2 Å². The topological polar surface area (TPSA) is 73.6 Å². The Bertz CT molecular complexity index is 755. The Morgan fingerprint density at radius 2 is 1.79 bits per heavy atom. The Morgan fingerprint density at radius 1 is 1.14 bits per heavy atom. The van der Waals surface area contributed by atoms with Gasteiger partial charge < -0.3 is 20.5 Å². The number of rotatable bonds is 7. The third-order valence-electron chi connectivity index (χ3n) is 5.89. The van der Waals surface area contributed by atoms with Gasteiger partial charge in [0, 0.05) is 31.2 Å². The molecule has 2 aromatic rings. The summed E-state index contributed by atoms with van der Waals surface area (Å²) in [7, 11) is 1.66. The smallest absolute Gasteiger partial charge is 0.224 e. The minimum absolute atomic E-state index is 0.0178. The first-order valence-electron chi connectivity index (χ1n) is 9.86. The maximum absolute atomic E-state index is 12.8. The van der Waals surface area contributed by atoms with Gasteiger partial charge in [0.15, 0.2) is 0 Å². The van der Waals surface area contributed by atoms with Gasteiger partial charge in [-0.3, -0.25) is 4.79 Å². The Labute approximate surface area is 167 Å². The molecule has 0 aromatic heterocycles. The van der Waals surface area contributed by atoms with Crippen LogP contribution in [0.3, 0.4) is 0 Å². The molecule has 1 aliphatic heterocycles. The molecule has 0 radical (unpaired) electrons. The Kier molecular flexibility index (Phi) is 6.70. The van der Waals surface area contributed by atoms with Crippen LogP contribution in [0.5, 0.6) is 5.75 Å². The fourth-order valence-electron chi connectivity index (χ4n) is 3.82. The first-order valence-corrected chi connectivity index (χ1v) is 9.86. The van der Waals surface area contributed by atoms with Crippen LogP contribution in [-0.2, 0) is 14.9 Å². The van der Waals surface area contributed by atoms with Gasteiger partial charge in [0.2, 0.25) is 5.91 Å². The molecule has 2 atom stereocenters. The van der Waals surface area contributed by atoms with E-state index < -0.39 is 0 Å². The molecule has 2 aromatic carbocycles. The van der Waals surface area contributed by atoms with E-state index in [4.69, 9.17) is 15.2 Å². The van der Waals surface area contributed by atoms with Crippen LogP contribution < -0.4 is 15.8 Å². The molecule has 1 saturated heterocycles. The van der Waals surface area contributed by atoms with Gasteiger partial charge >= 0.3 is 0 Å². The number of carbonyl (C=O) groups is 1. The average molecular weight is 383 g/mol. The second-order valence-electron chi connectivity index (χ2n) is 7.56. The van der Waals surface area contributed by atoms with Gasteiger partial charge in [0.05, 0.1) is 13.0 Å². The lowest BCUT2D eigenvalue weighted by molar-refractivity contribution is -0.125. The molecule has 5 nitrogen and oxygen atoms in total. The standard InChI is InChI=1S/C23H30N2O3/c1-17(21(24)18-6-4-3-5-7-18)22(26)25-16-23(12-14-28-15-13-23)19-8-10-20(27-2)11-9-19/h3-11,17,21H,12-16,24H2,1-2H3,(H,25,26). The summed E-state index contributed by atoms with van der Waals surface area (Å²) in [6, 6.07) is 17.6. The first-order chi connectivity index (χ1) is 13.6. The van der Waals surface area contributed by atoms with Crippen molar-refractivity contribution >= 4 is 5.91 Å². The zero-order valence-electron chi connectivity index (χ0n) is 16.7. The van der Waals surface area contributed by atoms with Crippen LogP contribution in [0.25, 0.3) is 0 Å². The number of methoxy groups -OCH3 is 1. The molecule has 1 aliphatic rings. The third-order valence-corrected chi connectivity index (χ3v) is 5.89. The van der Waals surface area contributed by atoms with Crippen LogP contribution in [0, 0.1) is 5.92 Å². The molecular weight excluding hydrogens is 352 g/mol. The number of nitrogens with two attached hydrogens (primary N) is 1. The van der Waals surface area contributed by atoms with Crippen LogP contribution >= 0.6 is 0 Å². The average Bonchev–Trinajstić information content (AvgIpc) is 2.77. The van der Waals surface area contributed by atoms with Crippen molar-refractivity contribution in [2.75, 3.05) is 26.9 Å². The van der Waals surface area contributed by atoms with E-state index in [2.05, 4.69) is 17.4 Å². The quantitative estimate of drug-likeness (QED) is 0.771. The second-order valence-corrected chi connectivity index (χ2v) is 7.56. The van der Waals surface area contributed by atoms with Crippen LogP contribution in [0.4, 0.5) is 0 Å². The molecule has 1 amide bonds.